The third-order valence-electron chi connectivity index (χ3n) is 3.52. The first-order chi connectivity index (χ1) is 10.0. The number of rotatable bonds is 3. The van der Waals surface area contributed by atoms with Crippen molar-refractivity contribution in [1.29, 1.82) is 0 Å². The van der Waals surface area contributed by atoms with Crippen molar-refractivity contribution in [3.05, 3.63) is 58.6 Å². The zero-order chi connectivity index (χ0) is 14.9. The van der Waals surface area contributed by atoms with E-state index in [-0.39, 0.29) is 11.4 Å². The molecule has 1 aliphatic heterocycles. The molecule has 0 aromatic heterocycles. The van der Waals surface area contributed by atoms with E-state index in [9.17, 15) is 4.79 Å². The van der Waals surface area contributed by atoms with E-state index in [0.29, 0.717) is 6.42 Å². The van der Waals surface area contributed by atoms with Crippen LogP contribution in [0, 0.1) is 0 Å². The second kappa shape index (κ2) is 5.50. The van der Waals surface area contributed by atoms with Crippen LogP contribution in [0.1, 0.15) is 18.9 Å². The molecule has 1 unspecified atom stereocenters. The predicted octanol–water partition coefficient (Wildman–Crippen LogP) is 3.48. The van der Waals surface area contributed by atoms with Crippen LogP contribution in [0.25, 0.3) is 0 Å². The van der Waals surface area contributed by atoms with Gasteiger partial charge in [-0.15, -0.1) is 0 Å². The minimum absolute atomic E-state index is 0.00645. The number of carbonyl (C=O) groups excluding carboxylic acids is 1. The Morgan fingerprint density at radius 1 is 1.14 bits per heavy atom. The second-order valence-corrected chi connectivity index (χ2v) is 6.18. The Kier molecular flexibility index (Phi) is 3.69. The van der Waals surface area contributed by atoms with Gasteiger partial charge in [-0.25, -0.2) is 5.43 Å². The van der Waals surface area contributed by atoms with Crippen molar-refractivity contribution in [2.45, 2.75) is 18.9 Å². The van der Waals surface area contributed by atoms with Gasteiger partial charge in [0.05, 0.1) is 12.0 Å². The van der Waals surface area contributed by atoms with Crippen LogP contribution < -0.4 is 15.6 Å². The number of ether oxygens (including phenoxy) is 1. The Balaban J connectivity index is 1.77. The fourth-order valence-corrected chi connectivity index (χ4v) is 2.73. The molecule has 2 aromatic rings. The number of hydrogen-bond acceptors (Lipinski definition) is 3. The van der Waals surface area contributed by atoms with Crippen molar-refractivity contribution in [2.75, 3.05) is 0 Å². The highest BCUT2D eigenvalue weighted by molar-refractivity contribution is 9.10. The van der Waals surface area contributed by atoms with Crippen LogP contribution in [0.2, 0.25) is 0 Å². The zero-order valence-corrected chi connectivity index (χ0v) is 13.1. The van der Waals surface area contributed by atoms with Crippen molar-refractivity contribution in [2.24, 2.45) is 0 Å². The lowest BCUT2D eigenvalue weighted by Gasteiger charge is -2.22. The van der Waals surface area contributed by atoms with E-state index < -0.39 is 0 Å². The first-order valence-corrected chi connectivity index (χ1v) is 7.44. The third kappa shape index (κ3) is 3.09. The van der Waals surface area contributed by atoms with Gasteiger partial charge in [0, 0.05) is 4.47 Å². The van der Waals surface area contributed by atoms with Crippen LogP contribution in [0.5, 0.6) is 11.5 Å². The van der Waals surface area contributed by atoms with Gasteiger partial charge < -0.3 is 4.74 Å². The summed E-state index contributed by atoms with van der Waals surface area (Å²) in [5.74, 6) is 1.55. The number of benzene rings is 2. The Bertz CT molecular complexity index is 672. The summed E-state index contributed by atoms with van der Waals surface area (Å²) in [5.41, 5.74) is 6.35. The van der Waals surface area contributed by atoms with Crippen LogP contribution in [0.15, 0.2) is 53.0 Å². The second-order valence-electron chi connectivity index (χ2n) is 5.27. The topological polar surface area (TPSA) is 50.4 Å². The summed E-state index contributed by atoms with van der Waals surface area (Å²) in [6.07, 6.45) is 0.429. The van der Waals surface area contributed by atoms with Crippen molar-refractivity contribution in [3.63, 3.8) is 0 Å². The molecule has 0 saturated carbocycles. The van der Waals surface area contributed by atoms with E-state index in [0.717, 1.165) is 21.5 Å². The number of carbonyl (C=O) groups is 1. The summed E-state index contributed by atoms with van der Waals surface area (Å²) in [6, 6.07) is 15.5. The molecule has 1 saturated heterocycles. The van der Waals surface area contributed by atoms with Crippen LogP contribution >= 0.6 is 15.9 Å². The maximum atomic E-state index is 11.4. The lowest BCUT2D eigenvalue weighted by molar-refractivity contribution is -0.119. The molecule has 0 spiro atoms. The van der Waals surface area contributed by atoms with E-state index in [2.05, 4.69) is 26.8 Å². The molecular formula is C16H15BrN2O2. The van der Waals surface area contributed by atoms with Crippen LogP contribution in [-0.2, 0) is 10.3 Å². The molecule has 1 aliphatic rings. The fourth-order valence-electron chi connectivity index (χ4n) is 2.35. The SMILES string of the molecule is CC1(c2ccc(Oc3cccc(Br)c3)cc2)CC(=O)NN1. The molecule has 5 heteroatoms. The molecule has 1 amide bonds. The summed E-state index contributed by atoms with van der Waals surface area (Å²) in [6.45, 7) is 2.00. The maximum absolute atomic E-state index is 11.4. The van der Waals surface area contributed by atoms with E-state index in [1.54, 1.807) is 0 Å². The summed E-state index contributed by atoms with van der Waals surface area (Å²) >= 11 is 3.42. The fraction of sp³-hybridized carbons (Fsp3) is 0.188. The average molecular weight is 347 g/mol. The van der Waals surface area contributed by atoms with E-state index >= 15 is 0 Å². The maximum Gasteiger partial charge on any atom is 0.236 e. The van der Waals surface area contributed by atoms with Crippen LogP contribution in [-0.4, -0.2) is 5.91 Å². The van der Waals surface area contributed by atoms with Gasteiger partial charge in [-0.3, -0.25) is 10.2 Å². The summed E-state index contributed by atoms with van der Waals surface area (Å²) in [7, 11) is 0. The van der Waals surface area contributed by atoms with E-state index in [4.69, 9.17) is 4.74 Å². The molecule has 108 valence electrons. The first kappa shape index (κ1) is 14.1. The van der Waals surface area contributed by atoms with Crippen LogP contribution in [0.3, 0.4) is 0 Å². The quantitative estimate of drug-likeness (QED) is 0.894. The lowest BCUT2D eigenvalue weighted by atomic mass is 9.90. The summed E-state index contributed by atoms with van der Waals surface area (Å²) < 4.78 is 6.77. The molecule has 2 N–H and O–H groups in total. The molecule has 0 radical (unpaired) electrons. The molecule has 1 fully saturated rings. The highest BCUT2D eigenvalue weighted by atomic mass is 79.9. The number of nitrogens with one attached hydrogen (secondary N) is 2. The van der Waals surface area contributed by atoms with Gasteiger partial charge >= 0.3 is 0 Å². The van der Waals surface area contributed by atoms with Gasteiger partial charge in [-0.05, 0) is 42.8 Å². The smallest absolute Gasteiger partial charge is 0.236 e. The standard InChI is InChI=1S/C16H15BrN2O2/c1-16(10-15(20)18-19-16)11-5-7-13(8-6-11)21-14-4-2-3-12(17)9-14/h2-9,19H,10H2,1H3,(H,18,20). The monoisotopic (exact) mass is 346 g/mol. The number of hydrogen-bond donors (Lipinski definition) is 2. The largest absolute Gasteiger partial charge is 0.457 e. The highest BCUT2D eigenvalue weighted by Crippen LogP contribution is 2.30. The Morgan fingerprint density at radius 3 is 2.52 bits per heavy atom. The van der Waals surface area contributed by atoms with E-state index in [1.807, 2.05) is 55.5 Å². The minimum Gasteiger partial charge on any atom is -0.457 e. The summed E-state index contributed by atoms with van der Waals surface area (Å²) in [4.78, 5) is 11.4. The number of halogens is 1. The van der Waals surface area contributed by atoms with Gasteiger partial charge in [-0.1, -0.05) is 34.1 Å². The van der Waals surface area contributed by atoms with Gasteiger partial charge in [-0.2, -0.15) is 0 Å². The van der Waals surface area contributed by atoms with Gasteiger partial charge in [0.25, 0.3) is 0 Å². The average Bonchev–Trinajstić information content (AvgIpc) is 2.80. The first-order valence-electron chi connectivity index (χ1n) is 6.65. The Hall–Kier alpha value is -1.85. The van der Waals surface area contributed by atoms with Gasteiger partial charge in [0.1, 0.15) is 11.5 Å². The van der Waals surface area contributed by atoms with Crippen LogP contribution in [0.4, 0.5) is 0 Å². The minimum atomic E-state index is -0.370. The molecule has 4 nitrogen and oxygen atoms in total. The Morgan fingerprint density at radius 2 is 1.90 bits per heavy atom. The molecule has 1 heterocycles. The van der Waals surface area contributed by atoms with Gasteiger partial charge in [0.15, 0.2) is 0 Å². The summed E-state index contributed by atoms with van der Waals surface area (Å²) in [5, 5.41) is 0. The zero-order valence-electron chi connectivity index (χ0n) is 11.5. The van der Waals surface area contributed by atoms with Crippen molar-refractivity contribution >= 4 is 21.8 Å². The molecule has 0 bridgehead atoms. The predicted molar refractivity (Wildman–Crippen MR) is 83.9 cm³/mol. The van der Waals surface area contributed by atoms with Crippen molar-refractivity contribution in [1.82, 2.24) is 10.9 Å². The molecule has 1 atom stereocenters. The van der Waals surface area contributed by atoms with Crippen molar-refractivity contribution < 1.29 is 9.53 Å². The van der Waals surface area contributed by atoms with Gasteiger partial charge in [0.2, 0.25) is 5.91 Å². The number of hydrazine groups is 1. The van der Waals surface area contributed by atoms with Crippen molar-refractivity contribution in [3.8, 4) is 11.5 Å². The highest BCUT2D eigenvalue weighted by Gasteiger charge is 2.35. The Labute approximate surface area is 131 Å². The molecule has 0 aliphatic carbocycles. The normalized spacial score (nSPS) is 21.1. The third-order valence-corrected chi connectivity index (χ3v) is 4.01. The molecule has 21 heavy (non-hydrogen) atoms. The molecular weight excluding hydrogens is 332 g/mol. The number of amides is 1. The van der Waals surface area contributed by atoms with E-state index in [1.165, 1.54) is 0 Å². The molecule has 2 aromatic carbocycles. The lowest BCUT2D eigenvalue weighted by Crippen LogP contribution is -2.38. The molecule has 3 rings (SSSR count).